The van der Waals surface area contributed by atoms with Crippen LogP contribution >= 0.6 is 23.2 Å². The SMILES string of the molecule is COc1cn(C)c(=O)cc1-c1nc2c(n1C(C)C)C(c1ccc(Cl)cc1)N(c1cc(Cl)ccc1C)C2=O. The lowest BCUT2D eigenvalue weighted by molar-refractivity contribution is 0.0989. The van der Waals surface area contributed by atoms with Gasteiger partial charge in [0.1, 0.15) is 17.6 Å². The lowest BCUT2D eigenvalue weighted by atomic mass is 10.0. The van der Waals surface area contributed by atoms with Gasteiger partial charge in [0, 0.05) is 41.1 Å². The average Bonchev–Trinajstić information content (AvgIpc) is 3.38. The number of aromatic nitrogens is 3. The van der Waals surface area contributed by atoms with Crippen LogP contribution in [0.4, 0.5) is 5.69 Å². The standard InChI is InChI=1S/C28H26Cl2N4O3/c1-15(2)33-26-24(31-27(33)20-13-23(35)32(4)14-22(20)37-5)28(36)34(21-12-19(30)9-6-16(21)3)25(26)17-7-10-18(29)11-8-17/h6-15,25H,1-5H3. The Morgan fingerprint density at radius 3 is 2.32 bits per heavy atom. The van der Waals surface area contributed by atoms with E-state index in [0.29, 0.717) is 38.6 Å². The van der Waals surface area contributed by atoms with Gasteiger partial charge >= 0.3 is 0 Å². The Hall–Kier alpha value is -3.55. The molecule has 0 aliphatic carbocycles. The number of methoxy groups -OCH3 is 1. The maximum atomic E-state index is 14.1. The van der Waals surface area contributed by atoms with Crippen LogP contribution < -0.4 is 15.2 Å². The van der Waals surface area contributed by atoms with E-state index >= 15 is 0 Å². The number of rotatable bonds is 5. The minimum Gasteiger partial charge on any atom is -0.494 e. The van der Waals surface area contributed by atoms with Crippen molar-refractivity contribution in [3.05, 3.63) is 97.6 Å². The van der Waals surface area contributed by atoms with Crippen molar-refractivity contribution in [3.63, 3.8) is 0 Å². The highest BCUT2D eigenvalue weighted by Gasteiger charge is 2.45. The molecule has 0 N–H and O–H groups in total. The summed E-state index contributed by atoms with van der Waals surface area (Å²) in [6, 6.07) is 13.9. The van der Waals surface area contributed by atoms with Crippen molar-refractivity contribution in [1.82, 2.24) is 14.1 Å². The molecule has 0 saturated heterocycles. The highest BCUT2D eigenvalue weighted by atomic mass is 35.5. The number of amides is 1. The van der Waals surface area contributed by atoms with Gasteiger partial charge in [0.05, 0.1) is 18.4 Å². The number of pyridine rings is 1. The number of imidazole rings is 1. The van der Waals surface area contributed by atoms with Gasteiger partial charge in [0.25, 0.3) is 11.5 Å². The first-order valence-electron chi connectivity index (χ1n) is 11.8. The Morgan fingerprint density at radius 1 is 1.00 bits per heavy atom. The van der Waals surface area contributed by atoms with Crippen molar-refractivity contribution in [2.45, 2.75) is 32.9 Å². The Bertz CT molecular complexity index is 1590. The van der Waals surface area contributed by atoms with Gasteiger partial charge in [-0.25, -0.2) is 4.98 Å². The maximum Gasteiger partial charge on any atom is 0.279 e. The third kappa shape index (κ3) is 4.12. The lowest BCUT2D eigenvalue weighted by Gasteiger charge is -2.29. The molecule has 0 fully saturated rings. The molecule has 5 rings (SSSR count). The number of ether oxygens (including phenoxy) is 1. The van der Waals surface area contributed by atoms with E-state index in [1.54, 1.807) is 37.4 Å². The summed E-state index contributed by atoms with van der Waals surface area (Å²) in [6.07, 6.45) is 1.63. The lowest BCUT2D eigenvalue weighted by Crippen LogP contribution is -2.31. The topological polar surface area (TPSA) is 69.4 Å². The molecule has 1 aliphatic heterocycles. The summed E-state index contributed by atoms with van der Waals surface area (Å²) >= 11 is 12.6. The quantitative estimate of drug-likeness (QED) is 0.304. The first-order valence-corrected chi connectivity index (χ1v) is 12.6. The van der Waals surface area contributed by atoms with E-state index in [0.717, 1.165) is 16.8 Å². The predicted molar refractivity (Wildman–Crippen MR) is 146 cm³/mol. The molecular formula is C28H26Cl2N4O3. The van der Waals surface area contributed by atoms with Gasteiger partial charge in [-0.15, -0.1) is 0 Å². The molecule has 0 saturated carbocycles. The van der Waals surface area contributed by atoms with Crippen molar-refractivity contribution in [1.29, 1.82) is 0 Å². The van der Waals surface area contributed by atoms with Crippen molar-refractivity contribution < 1.29 is 9.53 Å². The number of hydrogen-bond donors (Lipinski definition) is 0. The van der Waals surface area contributed by atoms with E-state index in [2.05, 4.69) is 0 Å². The van der Waals surface area contributed by atoms with E-state index in [4.69, 9.17) is 32.9 Å². The second-order valence-corrected chi connectivity index (χ2v) is 10.3. The summed E-state index contributed by atoms with van der Waals surface area (Å²) in [6.45, 7) is 5.99. The molecule has 3 heterocycles. The molecule has 0 spiro atoms. The molecule has 2 aromatic heterocycles. The molecule has 37 heavy (non-hydrogen) atoms. The highest BCUT2D eigenvalue weighted by Crippen LogP contribution is 2.46. The van der Waals surface area contributed by atoms with Gasteiger partial charge < -0.3 is 13.9 Å². The Balaban J connectivity index is 1.82. The summed E-state index contributed by atoms with van der Waals surface area (Å²) in [5, 5.41) is 1.13. The van der Waals surface area contributed by atoms with Gasteiger partial charge in [-0.05, 0) is 56.2 Å². The van der Waals surface area contributed by atoms with Crippen LogP contribution in [0.2, 0.25) is 10.0 Å². The van der Waals surface area contributed by atoms with Crippen molar-refractivity contribution >= 4 is 34.8 Å². The molecule has 1 atom stereocenters. The molecule has 1 unspecified atom stereocenters. The number of anilines is 1. The Kier molecular flexibility index (Phi) is 6.38. The van der Waals surface area contributed by atoms with E-state index in [1.807, 2.05) is 55.7 Å². The van der Waals surface area contributed by atoms with Crippen LogP contribution in [0.3, 0.4) is 0 Å². The van der Waals surface area contributed by atoms with Gasteiger partial charge in [-0.2, -0.15) is 0 Å². The predicted octanol–water partition coefficient (Wildman–Crippen LogP) is 6.20. The smallest absolute Gasteiger partial charge is 0.279 e. The Labute approximate surface area is 224 Å². The molecule has 1 amide bonds. The number of carbonyl (C=O) groups excluding carboxylic acids is 1. The molecule has 9 heteroatoms. The first kappa shape index (κ1) is 25.1. The monoisotopic (exact) mass is 536 g/mol. The minimum absolute atomic E-state index is 0.0805. The summed E-state index contributed by atoms with van der Waals surface area (Å²) in [5.41, 5.74) is 3.88. The fourth-order valence-electron chi connectivity index (χ4n) is 4.92. The van der Waals surface area contributed by atoms with Crippen LogP contribution in [-0.2, 0) is 7.05 Å². The third-order valence-corrected chi connectivity index (χ3v) is 7.16. The fourth-order valence-corrected chi connectivity index (χ4v) is 5.21. The number of nitrogens with zero attached hydrogens (tertiary/aromatic N) is 4. The summed E-state index contributed by atoms with van der Waals surface area (Å²) in [7, 11) is 3.21. The van der Waals surface area contributed by atoms with Crippen molar-refractivity contribution in [3.8, 4) is 17.1 Å². The molecular weight excluding hydrogens is 511 g/mol. The molecule has 190 valence electrons. The molecule has 7 nitrogen and oxygen atoms in total. The van der Waals surface area contributed by atoms with Crippen LogP contribution in [0, 0.1) is 6.92 Å². The number of fused-ring (bicyclic) bond motifs is 1. The molecule has 0 radical (unpaired) electrons. The number of carbonyl (C=O) groups is 1. The van der Waals surface area contributed by atoms with Gasteiger partial charge in [0.15, 0.2) is 5.69 Å². The zero-order valence-electron chi connectivity index (χ0n) is 21.1. The van der Waals surface area contributed by atoms with Gasteiger partial charge in [-0.3, -0.25) is 14.5 Å². The van der Waals surface area contributed by atoms with Crippen LogP contribution in [0.1, 0.15) is 53.2 Å². The zero-order valence-corrected chi connectivity index (χ0v) is 22.6. The molecule has 0 bridgehead atoms. The average molecular weight is 537 g/mol. The number of benzene rings is 2. The second kappa shape index (κ2) is 9.39. The van der Waals surface area contributed by atoms with Gasteiger partial charge in [-0.1, -0.05) is 41.4 Å². The zero-order chi connectivity index (χ0) is 26.6. The highest BCUT2D eigenvalue weighted by molar-refractivity contribution is 6.31. The molecule has 1 aliphatic rings. The summed E-state index contributed by atoms with van der Waals surface area (Å²) < 4.78 is 9.07. The third-order valence-electron chi connectivity index (χ3n) is 6.67. The van der Waals surface area contributed by atoms with E-state index in [9.17, 15) is 9.59 Å². The summed E-state index contributed by atoms with van der Waals surface area (Å²) in [4.78, 5) is 33.3. The fraction of sp³-hybridized carbons (Fsp3) is 0.250. The minimum atomic E-state index is -0.488. The van der Waals surface area contributed by atoms with Crippen LogP contribution in [0.15, 0.2) is 59.5 Å². The largest absolute Gasteiger partial charge is 0.494 e. The number of halogens is 2. The van der Waals surface area contributed by atoms with E-state index in [-0.39, 0.29) is 17.5 Å². The Morgan fingerprint density at radius 2 is 1.68 bits per heavy atom. The van der Waals surface area contributed by atoms with Crippen molar-refractivity contribution in [2.24, 2.45) is 7.05 Å². The molecule has 4 aromatic rings. The van der Waals surface area contributed by atoms with E-state index in [1.165, 1.54) is 10.6 Å². The van der Waals surface area contributed by atoms with Gasteiger partial charge in [0.2, 0.25) is 0 Å². The van der Waals surface area contributed by atoms with Crippen molar-refractivity contribution in [2.75, 3.05) is 12.0 Å². The van der Waals surface area contributed by atoms with Crippen LogP contribution in [-0.4, -0.2) is 27.1 Å². The van der Waals surface area contributed by atoms with E-state index < -0.39 is 6.04 Å². The maximum absolute atomic E-state index is 14.1. The first-order chi connectivity index (χ1) is 17.6. The normalized spacial score (nSPS) is 15.0. The summed E-state index contributed by atoms with van der Waals surface area (Å²) in [5.74, 6) is 0.749. The van der Waals surface area contributed by atoms with Crippen LogP contribution in [0.25, 0.3) is 11.4 Å². The second-order valence-electron chi connectivity index (χ2n) is 9.40. The van der Waals surface area contributed by atoms with Crippen LogP contribution in [0.5, 0.6) is 5.75 Å². The number of hydrogen-bond acceptors (Lipinski definition) is 4. The molecule has 2 aromatic carbocycles. The number of aryl methyl sites for hydroxylation is 2.